The van der Waals surface area contributed by atoms with Gasteiger partial charge in [-0.15, -0.1) is 0 Å². The smallest absolute Gasteiger partial charge is 0.118 e. The first-order valence-corrected chi connectivity index (χ1v) is 7.27. The second-order valence-electron chi connectivity index (χ2n) is 5.26. The lowest BCUT2D eigenvalue weighted by molar-refractivity contribution is -0.0308. The number of methoxy groups -OCH3 is 1. The fourth-order valence-electron chi connectivity index (χ4n) is 2.22. The van der Waals surface area contributed by atoms with Crippen molar-refractivity contribution >= 4 is 0 Å². The molecular formula is C18H26O3. The summed E-state index contributed by atoms with van der Waals surface area (Å²) in [6, 6.07) is 7.82. The van der Waals surface area contributed by atoms with Crippen molar-refractivity contribution in [2.75, 3.05) is 13.7 Å². The van der Waals surface area contributed by atoms with Gasteiger partial charge in [0.2, 0.25) is 0 Å². The SMILES string of the molecule is C=CC=C[C@H](C)[C@H](OCc1ccc(OC)cc1)[C@@H](C)CO. The van der Waals surface area contributed by atoms with Gasteiger partial charge in [0, 0.05) is 18.4 Å². The van der Waals surface area contributed by atoms with Crippen molar-refractivity contribution < 1.29 is 14.6 Å². The third-order valence-electron chi connectivity index (χ3n) is 3.52. The Labute approximate surface area is 127 Å². The van der Waals surface area contributed by atoms with Gasteiger partial charge in [-0.1, -0.05) is 50.8 Å². The van der Waals surface area contributed by atoms with Crippen LogP contribution in [0.15, 0.2) is 49.1 Å². The molecule has 0 aliphatic carbocycles. The number of ether oxygens (including phenoxy) is 2. The van der Waals surface area contributed by atoms with E-state index in [1.165, 1.54) is 0 Å². The highest BCUT2D eigenvalue weighted by atomic mass is 16.5. The molecule has 0 aliphatic rings. The largest absolute Gasteiger partial charge is 0.497 e. The number of hydrogen-bond acceptors (Lipinski definition) is 3. The maximum Gasteiger partial charge on any atom is 0.118 e. The molecule has 0 fully saturated rings. The van der Waals surface area contributed by atoms with Crippen LogP contribution >= 0.6 is 0 Å². The van der Waals surface area contributed by atoms with E-state index in [1.54, 1.807) is 13.2 Å². The summed E-state index contributed by atoms with van der Waals surface area (Å²) in [6.07, 6.45) is 5.69. The molecule has 3 atom stereocenters. The van der Waals surface area contributed by atoms with Crippen LogP contribution < -0.4 is 4.74 Å². The van der Waals surface area contributed by atoms with Gasteiger partial charge in [0.15, 0.2) is 0 Å². The lowest BCUT2D eigenvalue weighted by Crippen LogP contribution is -2.30. The predicted molar refractivity (Wildman–Crippen MR) is 86.3 cm³/mol. The monoisotopic (exact) mass is 290 g/mol. The van der Waals surface area contributed by atoms with Gasteiger partial charge < -0.3 is 14.6 Å². The van der Waals surface area contributed by atoms with Gasteiger partial charge in [-0.2, -0.15) is 0 Å². The van der Waals surface area contributed by atoms with Crippen molar-refractivity contribution in [3.8, 4) is 5.75 Å². The fourth-order valence-corrected chi connectivity index (χ4v) is 2.22. The topological polar surface area (TPSA) is 38.7 Å². The highest BCUT2D eigenvalue weighted by molar-refractivity contribution is 5.26. The molecule has 21 heavy (non-hydrogen) atoms. The molecule has 3 nitrogen and oxygen atoms in total. The van der Waals surface area contributed by atoms with Gasteiger partial charge in [-0.25, -0.2) is 0 Å². The molecule has 0 amide bonds. The van der Waals surface area contributed by atoms with E-state index in [0.29, 0.717) is 6.61 Å². The minimum atomic E-state index is -0.0340. The van der Waals surface area contributed by atoms with E-state index in [1.807, 2.05) is 37.3 Å². The minimum absolute atomic E-state index is 0.0340. The highest BCUT2D eigenvalue weighted by Gasteiger charge is 2.22. The Kier molecular flexibility index (Phi) is 7.80. The summed E-state index contributed by atoms with van der Waals surface area (Å²) in [5.41, 5.74) is 1.09. The molecule has 1 N–H and O–H groups in total. The number of aliphatic hydroxyl groups is 1. The molecule has 0 saturated carbocycles. The fraction of sp³-hybridized carbons (Fsp3) is 0.444. The molecule has 0 saturated heterocycles. The van der Waals surface area contributed by atoms with Crippen LogP contribution in [0.2, 0.25) is 0 Å². The van der Waals surface area contributed by atoms with Crippen LogP contribution in [0.25, 0.3) is 0 Å². The average Bonchev–Trinajstić information content (AvgIpc) is 2.53. The zero-order chi connectivity index (χ0) is 15.7. The van der Waals surface area contributed by atoms with Gasteiger partial charge in [-0.05, 0) is 17.7 Å². The van der Waals surface area contributed by atoms with Gasteiger partial charge in [0.1, 0.15) is 5.75 Å². The van der Waals surface area contributed by atoms with E-state index >= 15 is 0 Å². The van der Waals surface area contributed by atoms with Crippen LogP contribution in [-0.2, 0) is 11.3 Å². The van der Waals surface area contributed by atoms with E-state index in [4.69, 9.17) is 9.47 Å². The first kappa shape index (κ1) is 17.5. The second kappa shape index (κ2) is 9.37. The van der Waals surface area contributed by atoms with E-state index < -0.39 is 0 Å². The predicted octanol–water partition coefficient (Wildman–Crippen LogP) is 3.59. The van der Waals surface area contributed by atoms with Crippen molar-refractivity contribution in [1.82, 2.24) is 0 Å². The van der Waals surface area contributed by atoms with Crippen LogP contribution in [0.3, 0.4) is 0 Å². The van der Waals surface area contributed by atoms with Crippen molar-refractivity contribution in [2.24, 2.45) is 11.8 Å². The van der Waals surface area contributed by atoms with E-state index in [0.717, 1.165) is 11.3 Å². The van der Waals surface area contributed by atoms with Gasteiger partial charge in [-0.3, -0.25) is 0 Å². The zero-order valence-corrected chi connectivity index (χ0v) is 13.2. The zero-order valence-electron chi connectivity index (χ0n) is 13.2. The molecule has 0 spiro atoms. The summed E-state index contributed by atoms with van der Waals surface area (Å²) in [4.78, 5) is 0. The number of hydrogen-bond donors (Lipinski definition) is 1. The third kappa shape index (κ3) is 5.74. The third-order valence-corrected chi connectivity index (χ3v) is 3.52. The molecule has 1 aromatic rings. The molecule has 0 aromatic heterocycles. The first-order valence-electron chi connectivity index (χ1n) is 7.27. The number of allylic oxidation sites excluding steroid dienone is 2. The summed E-state index contributed by atoms with van der Waals surface area (Å²) in [7, 11) is 1.65. The van der Waals surface area contributed by atoms with E-state index in [2.05, 4.69) is 19.6 Å². The first-order chi connectivity index (χ1) is 10.1. The van der Waals surface area contributed by atoms with Crippen molar-refractivity contribution in [1.29, 1.82) is 0 Å². The quantitative estimate of drug-likeness (QED) is 0.706. The Bertz CT molecular complexity index is 436. The van der Waals surface area contributed by atoms with Crippen molar-refractivity contribution in [2.45, 2.75) is 26.6 Å². The minimum Gasteiger partial charge on any atom is -0.497 e. The van der Waals surface area contributed by atoms with Crippen LogP contribution in [-0.4, -0.2) is 24.9 Å². The second-order valence-corrected chi connectivity index (χ2v) is 5.26. The lowest BCUT2D eigenvalue weighted by Gasteiger charge is -2.27. The van der Waals surface area contributed by atoms with Crippen LogP contribution in [0.4, 0.5) is 0 Å². The van der Waals surface area contributed by atoms with Gasteiger partial charge in [0.05, 0.1) is 19.8 Å². The molecule has 1 aromatic carbocycles. The van der Waals surface area contributed by atoms with Gasteiger partial charge in [0.25, 0.3) is 0 Å². The normalized spacial score (nSPS) is 15.6. The van der Waals surface area contributed by atoms with E-state index in [9.17, 15) is 5.11 Å². The molecule has 1 rings (SSSR count). The number of aliphatic hydroxyl groups excluding tert-OH is 1. The Balaban J connectivity index is 2.67. The van der Waals surface area contributed by atoms with E-state index in [-0.39, 0.29) is 24.5 Å². The van der Waals surface area contributed by atoms with Crippen LogP contribution in [0.1, 0.15) is 19.4 Å². The Morgan fingerprint density at radius 3 is 2.43 bits per heavy atom. The Hall–Kier alpha value is -1.58. The molecule has 3 heteroatoms. The maximum atomic E-state index is 9.40. The maximum absolute atomic E-state index is 9.40. The highest BCUT2D eigenvalue weighted by Crippen LogP contribution is 2.21. The summed E-state index contributed by atoms with van der Waals surface area (Å²) in [5.74, 6) is 1.12. The van der Waals surface area contributed by atoms with Crippen LogP contribution in [0.5, 0.6) is 5.75 Å². The van der Waals surface area contributed by atoms with Gasteiger partial charge >= 0.3 is 0 Å². The summed E-state index contributed by atoms with van der Waals surface area (Å²) in [6.45, 7) is 8.39. The van der Waals surface area contributed by atoms with Crippen molar-refractivity contribution in [3.63, 3.8) is 0 Å². The summed E-state index contributed by atoms with van der Waals surface area (Å²) in [5, 5.41) is 9.40. The van der Waals surface area contributed by atoms with Crippen LogP contribution in [0, 0.1) is 11.8 Å². The molecule has 0 unspecified atom stereocenters. The van der Waals surface area contributed by atoms with Crippen molar-refractivity contribution in [3.05, 3.63) is 54.6 Å². The standard InChI is InChI=1S/C18H26O3/c1-5-6-7-14(2)18(15(3)12-19)21-13-16-8-10-17(20-4)11-9-16/h5-11,14-15,18-19H,1,12-13H2,2-4H3/t14-,15-,18-/m0/s1. The molecule has 0 aliphatic heterocycles. The summed E-state index contributed by atoms with van der Waals surface area (Å²) >= 11 is 0. The summed E-state index contributed by atoms with van der Waals surface area (Å²) < 4.78 is 11.2. The average molecular weight is 290 g/mol. The number of benzene rings is 1. The Morgan fingerprint density at radius 2 is 1.90 bits per heavy atom. The molecule has 0 radical (unpaired) electrons. The lowest BCUT2D eigenvalue weighted by atomic mass is 9.93. The molecule has 0 heterocycles. The molecule has 116 valence electrons. The Morgan fingerprint density at radius 1 is 1.24 bits per heavy atom. The molecular weight excluding hydrogens is 264 g/mol. The molecule has 0 bridgehead atoms. The number of rotatable bonds is 9.